The van der Waals surface area contributed by atoms with Gasteiger partial charge in [-0.1, -0.05) is 12.1 Å². The third-order valence-corrected chi connectivity index (χ3v) is 3.98. The third kappa shape index (κ3) is 5.11. The summed E-state index contributed by atoms with van der Waals surface area (Å²) in [7, 11) is 0. The van der Waals surface area contributed by atoms with E-state index in [0.29, 0.717) is 5.56 Å². The number of aliphatic imine (C=N–C) groups is 1. The molecule has 1 heterocycles. The number of alkyl halides is 3. The highest BCUT2D eigenvalue weighted by Gasteiger charge is 2.28. The molecule has 26 heavy (non-hydrogen) atoms. The molecule has 0 spiro atoms. The average Bonchev–Trinajstić information content (AvgIpc) is 3.06. The fourth-order valence-corrected chi connectivity index (χ4v) is 2.76. The van der Waals surface area contributed by atoms with E-state index in [1.807, 2.05) is 6.07 Å². The van der Waals surface area contributed by atoms with Crippen LogP contribution in [0.1, 0.15) is 23.1 Å². The third-order valence-electron chi connectivity index (χ3n) is 3.98. The molecule has 0 fully saturated rings. The van der Waals surface area contributed by atoms with Crippen LogP contribution in [-0.4, -0.2) is 23.7 Å². The summed E-state index contributed by atoms with van der Waals surface area (Å²) in [5.41, 5.74) is 10.2. The van der Waals surface area contributed by atoms with Gasteiger partial charge in [0.25, 0.3) is 0 Å². The van der Waals surface area contributed by atoms with Gasteiger partial charge in [0, 0.05) is 18.0 Å². The molecular formula is C18H19F3N4O. The lowest BCUT2D eigenvalue weighted by atomic mass is 10.1. The van der Waals surface area contributed by atoms with E-state index >= 15 is 0 Å². The summed E-state index contributed by atoms with van der Waals surface area (Å²) >= 11 is 0. The largest absolute Gasteiger partial charge is 0.468 e. The van der Waals surface area contributed by atoms with Crippen LogP contribution in [0, 0.1) is 0 Å². The minimum atomic E-state index is -4.39. The predicted molar refractivity (Wildman–Crippen MR) is 93.2 cm³/mol. The number of aromatic nitrogens is 1. The van der Waals surface area contributed by atoms with Crippen molar-refractivity contribution in [3.05, 3.63) is 53.2 Å². The van der Waals surface area contributed by atoms with E-state index in [4.69, 9.17) is 5.73 Å². The number of halogens is 3. The first-order valence-electron chi connectivity index (χ1n) is 8.22. The average molecular weight is 364 g/mol. The Morgan fingerprint density at radius 2 is 2.00 bits per heavy atom. The van der Waals surface area contributed by atoms with Crippen LogP contribution in [0.2, 0.25) is 0 Å². The summed E-state index contributed by atoms with van der Waals surface area (Å²) in [5.74, 6) is 0.180. The number of nitrogens with zero attached hydrogens (tertiary/aromatic N) is 2. The Morgan fingerprint density at radius 1 is 1.19 bits per heavy atom. The van der Waals surface area contributed by atoms with Gasteiger partial charge in [-0.3, -0.25) is 0 Å². The quantitative estimate of drug-likeness (QED) is 0.630. The fraction of sp³-hybridized carbons (Fsp3) is 0.333. The number of anilines is 1. The van der Waals surface area contributed by atoms with Gasteiger partial charge < -0.3 is 15.8 Å². The summed E-state index contributed by atoms with van der Waals surface area (Å²) < 4.78 is 40.8. The van der Waals surface area contributed by atoms with Gasteiger partial charge in [0.1, 0.15) is 0 Å². The SMILES string of the molecule is NC(=NCc1ccc(OCC(F)(F)F)nc1)Nc1ccc2c(c1)CCC2. The van der Waals surface area contributed by atoms with Crippen molar-refractivity contribution in [3.8, 4) is 5.88 Å². The summed E-state index contributed by atoms with van der Waals surface area (Å²) in [4.78, 5) is 8.05. The molecule has 3 N–H and O–H groups in total. The normalized spacial score (nSPS) is 14.2. The molecule has 8 heteroatoms. The molecule has 138 valence electrons. The molecule has 1 aliphatic carbocycles. The number of pyridine rings is 1. The molecule has 0 amide bonds. The molecule has 0 saturated heterocycles. The molecule has 1 aliphatic rings. The smallest absolute Gasteiger partial charge is 0.422 e. The van der Waals surface area contributed by atoms with E-state index in [2.05, 4.69) is 32.2 Å². The molecule has 5 nitrogen and oxygen atoms in total. The number of nitrogens with two attached hydrogens (primary N) is 1. The lowest BCUT2D eigenvalue weighted by Gasteiger charge is -2.09. The maximum atomic E-state index is 12.1. The summed E-state index contributed by atoms with van der Waals surface area (Å²) in [6.07, 6.45) is 0.406. The summed E-state index contributed by atoms with van der Waals surface area (Å²) in [6.45, 7) is -1.11. The minimum Gasteiger partial charge on any atom is -0.468 e. The highest BCUT2D eigenvalue weighted by molar-refractivity contribution is 5.92. The van der Waals surface area contributed by atoms with E-state index in [1.165, 1.54) is 29.8 Å². The molecule has 2 aromatic rings. The molecule has 0 atom stereocenters. The van der Waals surface area contributed by atoms with Crippen LogP contribution >= 0.6 is 0 Å². The first-order valence-corrected chi connectivity index (χ1v) is 8.22. The van der Waals surface area contributed by atoms with E-state index in [-0.39, 0.29) is 18.4 Å². The number of fused-ring (bicyclic) bond motifs is 1. The van der Waals surface area contributed by atoms with Crippen LogP contribution in [0.15, 0.2) is 41.5 Å². The van der Waals surface area contributed by atoms with Gasteiger partial charge in [-0.05, 0) is 48.1 Å². The molecule has 1 aromatic carbocycles. The Kier molecular flexibility index (Phi) is 5.29. The van der Waals surface area contributed by atoms with Crippen LogP contribution in [-0.2, 0) is 19.4 Å². The maximum absolute atomic E-state index is 12.1. The zero-order chi connectivity index (χ0) is 18.6. The molecule has 0 unspecified atom stereocenters. The van der Waals surface area contributed by atoms with Crippen molar-refractivity contribution in [1.29, 1.82) is 0 Å². The highest BCUT2D eigenvalue weighted by Crippen LogP contribution is 2.24. The molecule has 1 aromatic heterocycles. The Balaban J connectivity index is 1.53. The number of rotatable bonds is 5. The molecule has 0 saturated carbocycles. The first-order chi connectivity index (χ1) is 12.4. The Bertz CT molecular complexity index is 788. The van der Waals surface area contributed by atoms with Crippen LogP contribution in [0.25, 0.3) is 0 Å². The van der Waals surface area contributed by atoms with Gasteiger partial charge in [0.05, 0.1) is 6.54 Å². The Labute approximate surface area is 149 Å². The van der Waals surface area contributed by atoms with E-state index in [1.54, 1.807) is 6.07 Å². The van der Waals surface area contributed by atoms with Gasteiger partial charge in [0.2, 0.25) is 5.88 Å². The van der Waals surface area contributed by atoms with Gasteiger partial charge >= 0.3 is 6.18 Å². The van der Waals surface area contributed by atoms with Crippen LogP contribution in [0.5, 0.6) is 5.88 Å². The monoisotopic (exact) mass is 364 g/mol. The van der Waals surface area contributed by atoms with Crippen LogP contribution in [0.4, 0.5) is 18.9 Å². The number of benzene rings is 1. The second-order valence-electron chi connectivity index (χ2n) is 6.07. The molecule has 0 bridgehead atoms. The van der Waals surface area contributed by atoms with E-state index in [0.717, 1.165) is 18.5 Å². The topological polar surface area (TPSA) is 72.5 Å². The predicted octanol–water partition coefficient (Wildman–Crippen LogP) is 3.44. The minimum absolute atomic E-state index is 0.0840. The summed E-state index contributed by atoms with van der Waals surface area (Å²) in [6, 6.07) is 9.13. The number of hydrogen-bond acceptors (Lipinski definition) is 3. The van der Waals surface area contributed by atoms with Crippen LogP contribution in [0.3, 0.4) is 0 Å². The Morgan fingerprint density at radius 3 is 2.73 bits per heavy atom. The lowest BCUT2D eigenvalue weighted by Crippen LogP contribution is -2.22. The molecule has 0 radical (unpaired) electrons. The summed E-state index contributed by atoms with van der Waals surface area (Å²) in [5, 5.41) is 3.05. The maximum Gasteiger partial charge on any atom is 0.422 e. The van der Waals surface area contributed by atoms with Gasteiger partial charge in [-0.15, -0.1) is 0 Å². The fourth-order valence-electron chi connectivity index (χ4n) is 2.76. The zero-order valence-electron chi connectivity index (χ0n) is 14.0. The molecular weight excluding hydrogens is 345 g/mol. The first kappa shape index (κ1) is 18.0. The van der Waals surface area contributed by atoms with Crippen molar-refractivity contribution in [1.82, 2.24) is 4.98 Å². The van der Waals surface area contributed by atoms with E-state index in [9.17, 15) is 13.2 Å². The molecule has 0 aliphatic heterocycles. The number of ether oxygens (including phenoxy) is 1. The molecule has 3 rings (SSSR count). The van der Waals surface area contributed by atoms with Crippen molar-refractivity contribution >= 4 is 11.6 Å². The van der Waals surface area contributed by atoms with Crippen molar-refractivity contribution in [2.45, 2.75) is 32.0 Å². The zero-order valence-corrected chi connectivity index (χ0v) is 14.0. The van der Waals surface area contributed by atoms with Crippen molar-refractivity contribution < 1.29 is 17.9 Å². The second-order valence-corrected chi connectivity index (χ2v) is 6.07. The lowest BCUT2D eigenvalue weighted by molar-refractivity contribution is -0.154. The van der Waals surface area contributed by atoms with Gasteiger partial charge in [-0.2, -0.15) is 13.2 Å². The second kappa shape index (κ2) is 7.63. The van der Waals surface area contributed by atoms with Crippen molar-refractivity contribution in [2.75, 3.05) is 11.9 Å². The van der Waals surface area contributed by atoms with Crippen LogP contribution < -0.4 is 15.8 Å². The number of guanidine groups is 1. The highest BCUT2D eigenvalue weighted by atomic mass is 19.4. The van der Waals surface area contributed by atoms with Crippen molar-refractivity contribution in [3.63, 3.8) is 0 Å². The number of hydrogen-bond donors (Lipinski definition) is 2. The van der Waals surface area contributed by atoms with E-state index < -0.39 is 12.8 Å². The number of nitrogens with one attached hydrogen (secondary N) is 1. The van der Waals surface area contributed by atoms with Gasteiger partial charge in [0.15, 0.2) is 12.6 Å². The van der Waals surface area contributed by atoms with Gasteiger partial charge in [-0.25, -0.2) is 9.98 Å². The number of aryl methyl sites for hydroxylation is 2. The Hall–Kier alpha value is -2.77. The standard InChI is InChI=1S/C18H19F3N4O/c19-18(20,21)11-26-16-7-4-12(9-23-16)10-24-17(22)25-15-6-5-13-2-1-3-14(13)8-15/h4-9H,1-3,10-11H2,(H3,22,24,25). The van der Waals surface area contributed by atoms with Crippen molar-refractivity contribution in [2.24, 2.45) is 10.7 Å².